The molecular formula is C19H24N4. The van der Waals surface area contributed by atoms with Gasteiger partial charge in [-0.3, -0.25) is 0 Å². The number of anilines is 1. The van der Waals surface area contributed by atoms with Crippen LogP contribution in [0.1, 0.15) is 39.3 Å². The van der Waals surface area contributed by atoms with Crippen LogP contribution in [0.25, 0.3) is 16.8 Å². The fourth-order valence-corrected chi connectivity index (χ4v) is 2.53. The van der Waals surface area contributed by atoms with Crippen LogP contribution in [0.2, 0.25) is 0 Å². The summed E-state index contributed by atoms with van der Waals surface area (Å²) >= 11 is 0. The van der Waals surface area contributed by atoms with Crippen molar-refractivity contribution < 1.29 is 0 Å². The molecule has 0 radical (unpaired) electrons. The Bertz CT molecular complexity index is 788. The van der Waals surface area contributed by atoms with E-state index in [9.17, 15) is 0 Å². The largest absolute Gasteiger partial charge is 0.370 e. The third-order valence-corrected chi connectivity index (χ3v) is 3.86. The van der Waals surface area contributed by atoms with Gasteiger partial charge in [0.2, 0.25) is 0 Å². The summed E-state index contributed by atoms with van der Waals surface area (Å²) in [4.78, 5) is 4.86. The summed E-state index contributed by atoms with van der Waals surface area (Å²) < 4.78 is 1.91. The first kappa shape index (κ1) is 15.5. The molecule has 0 fully saturated rings. The lowest BCUT2D eigenvalue weighted by Crippen LogP contribution is -2.13. The molecule has 0 saturated carbocycles. The maximum Gasteiger partial charge on any atom is 0.165 e. The minimum Gasteiger partial charge on any atom is -0.370 e. The van der Waals surface area contributed by atoms with Crippen LogP contribution >= 0.6 is 0 Å². The maximum absolute atomic E-state index is 4.86. The Balaban J connectivity index is 2.14. The molecule has 1 N–H and O–H groups in total. The normalized spacial score (nSPS) is 11.6. The standard InChI is InChI=1S/C19H24N4/c1-13(2)11-20-18-10-17(14(3)4)22-19-16(12-21-23(18)19)15-8-6-5-7-9-15/h5-10,12-14,20H,11H2,1-4H3. The van der Waals surface area contributed by atoms with E-state index in [1.54, 1.807) is 0 Å². The first-order valence-corrected chi connectivity index (χ1v) is 8.24. The number of aromatic nitrogens is 3. The number of nitrogens with one attached hydrogen (secondary N) is 1. The minimum atomic E-state index is 0.373. The number of fused-ring (bicyclic) bond motifs is 1. The van der Waals surface area contributed by atoms with Gasteiger partial charge in [0.15, 0.2) is 5.65 Å². The van der Waals surface area contributed by atoms with Gasteiger partial charge < -0.3 is 5.32 Å². The maximum atomic E-state index is 4.86. The highest BCUT2D eigenvalue weighted by atomic mass is 15.3. The van der Waals surface area contributed by atoms with E-state index in [-0.39, 0.29) is 0 Å². The number of nitrogens with zero attached hydrogens (tertiary/aromatic N) is 3. The van der Waals surface area contributed by atoms with Crippen LogP contribution in [0.3, 0.4) is 0 Å². The van der Waals surface area contributed by atoms with Crippen LogP contribution in [0, 0.1) is 5.92 Å². The first-order chi connectivity index (χ1) is 11.1. The third kappa shape index (κ3) is 3.21. The number of benzene rings is 1. The molecule has 1 aromatic carbocycles. The number of hydrogen-bond acceptors (Lipinski definition) is 3. The third-order valence-electron chi connectivity index (χ3n) is 3.86. The molecule has 0 unspecified atom stereocenters. The molecule has 0 amide bonds. The van der Waals surface area contributed by atoms with Crippen molar-refractivity contribution in [3.05, 3.63) is 48.3 Å². The molecule has 0 aliphatic rings. The van der Waals surface area contributed by atoms with Crippen molar-refractivity contribution in [2.45, 2.75) is 33.6 Å². The highest BCUT2D eigenvalue weighted by Gasteiger charge is 2.14. The molecule has 0 aliphatic carbocycles. The van der Waals surface area contributed by atoms with E-state index in [4.69, 9.17) is 4.98 Å². The zero-order valence-electron chi connectivity index (χ0n) is 14.2. The van der Waals surface area contributed by atoms with Crippen molar-refractivity contribution in [1.82, 2.24) is 14.6 Å². The van der Waals surface area contributed by atoms with E-state index < -0.39 is 0 Å². The highest BCUT2D eigenvalue weighted by molar-refractivity contribution is 5.78. The average molecular weight is 308 g/mol. The summed E-state index contributed by atoms with van der Waals surface area (Å²) in [6.45, 7) is 9.66. The van der Waals surface area contributed by atoms with Crippen molar-refractivity contribution in [3.63, 3.8) is 0 Å². The van der Waals surface area contributed by atoms with Gasteiger partial charge in [0.25, 0.3) is 0 Å². The lowest BCUT2D eigenvalue weighted by atomic mass is 10.1. The molecule has 4 heteroatoms. The van der Waals surface area contributed by atoms with E-state index in [0.717, 1.165) is 34.8 Å². The van der Waals surface area contributed by atoms with E-state index >= 15 is 0 Å². The Kier molecular flexibility index (Phi) is 4.33. The number of rotatable bonds is 5. The second-order valence-corrected chi connectivity index (χ2v) is 6.66. The van der Waals surface area contributed by atoms with E-state index in [1.165, 1.54) is 0 Å². The molecule has 23 heavy (non-hydrogen) atoms. The Morgan fingerprint density at radius 1 is 1.09 bits per heavy atom. The van der Waals surface area contributed by atoms with E-state index in [1.807, 2.05) is 28.9 Å². The number of hydrogen-bond donors (Lipinski definition) is 1. The summed E-state index contributed by atoms with van der Waals surface area (Å²) in [7, 11) is 0. The van der Waals surface area contributed by atoms with Crippen LogP contribution in [0.15, 0.2) is 42.6 Å². The van der Waals surface area contributed by atoms with Crippen molar-refractivity contribution in [3.8, 4) is 11.1 Å². The summed E-state index contributed by atoms with van der Waals surface area (Å²) in [5.74, 6) is 1.96. The highest BCUT2D eigenvalue weighted by Crippen LogP contribution is 2.27. The van der Waals surface area contributed by atoms with Gasteiger partial charge in [0, 0.05) is 23.9 Å². The molecule has 0 bridgehead atoms. The van der Waals surface area contributed by atoms with Crippen molar-refractivity contribution >= 4 is 11.5 Å². The lowest BCUT2D eigenvalue weighted by Gasteiger charge is -2.14. The molecule has 120 valence electrons. The first-order valence-electron chi connectivity index (χ1n) is 8.24. The molecule has 2 aromatic heterocycles. The second kappa shape index (κ2) is 6.41. The van der Waals surface area contributed by atoms with Gasteiger partial charge in [0.1, 0.15) is 5.82 Å². The predicted molar refractivity (Wildman–Crippen MR) is 95.8 cm³/mol. The van der Waals surface area contributed by atoms with Gasteiger partial charge in [-0.15, -0.1) is 0 Å². The van der Waals surface area contributed by atoms with Gasteiger partial charge in [-0.05, 0) is 17.4 Å². The summed E-state index contributed by atoms with van der Waals surface area (Å²) in [5, 5.41) is 8.07. The quantitative estimate of drug-likeness (QED) is 0.749. The smallest absolute Gasteiger partial charge is 0.165 e. The topological polar surface area (TPSA) is 42.2 Å². The van der Waals surface area contributed by atoms with Gasteiger partial charge in [-0.2, -0.15) is 9.61 Å². The van der Waals surface area contributed by atoms with Gasteiger partial charge >= 0.3 is 0 Å². The van der Waals surface area contributed by atoms with Crippen LogP contribution in [0.4, 0.5) is 5.82 Å². The Hall–Kier alpha value is -2.36. The van der Waals surface area contributed by atoms with Crippen LogP contribution in [-0.2, 0) is 0 Å². The predicted octanol–water partition coefficient (Wildman–Crippen LogP) is 4.59. The van der Waals surface area contributed by atoms with Crippen molar-refractivity contribution in [2.75, 3.05) is 11.9 Å². The molecule has 0 saturated heterocycles. The summed E-state index contributed by atoms with van der Waals surface area (Å²) in [6.07, 6.45) is 1.91. The zero-order chi connectivity index (χ0) is 16.4. The van der Waals surface area contributed by atoms with Gasteiger partial charge in [-0.25, -0.2) is 4.98 Å². The SMILES string of the molecule is CC(C)CNc1cc(C(C)C)nc2c(-c3ccccc3)cnn12. The molecule has 4 nitrogen and oxygen atoms in total. The Morgan fingerprint density at radius 3 is 2.48 bits per heavy atom. The molecule has 0 aliphatic heterocycles. The Morgan fingerprint density at radius 2 is 1.83 bits per heavy atom. The molecular weight excluding hydrogens is 284 g/mol. The molecule has 2 heterocycles. The summed E-state index contributed by atoms with van der Waals surface area (Å²) in [6, 6.07) is 12.4. The summed E-state index contributed by atoms with van der Waals surface area (Å²) in [5.41, 5.74) is 4.21. The second-order valence-electron chi connectivity index (χ2n) is 6.66. The van der Waals surface area contributed by atoms with Gasteiger partial charge in [-0.1, -0.05) is 58.0 Å². The molecule has 3 rings (SSSR count). The van der Waals surface area contributed by atoms with E-state index in [0.29, 0.717) is 11.8 Å². The van der Waals surface area contributed by atoms with E-state index in [2.05, 4.69) is 56.3 Å². The monoisotopic (exact) mass is 308 g/mol. The zero-order valence-corrected chi connectivity index (χ0v) is 14.2. The van der Waals surface area contributed by atoms with Gasteiger partial charge in [0.05, 0.1) is 6.20 Å². The molecule has 0 spiro atoms. The van der Waals surface area contributed by atoms with Crippen LogP contribution < -0.4 is 5.32 Å². The average Bonchev–Trinajstić information content (AvgIpc) is 2.97. The van der Waals surface area contributed by atoms with Crippen molar-refractivity contribution in [1.29, 1.82) is 0 Å². The Labute approximate surface area is 137 Å². The molecule has 3 aromatic rings. The van der Waals surface area contributed by atoms with Crippen LogP contribution in [-0.4, -0.2) is 21.1 Å². The van der Waals surface area contributed by atoms with Crippen molar-refractivity contribution in [2.24, 2.45) is 5.92 Å². The fourth-order valence-electron chi connectivity index (χ4n) is 2.53. The minimum absolute atomic E-state index is 0.373. The van der Waals surface area contributed by atoms with Crippen LogP contribution in [0.5, 0.6) is 0 Å². The molecule has 0 atom stereocenters. The fraction of sp³-hybridized carbons (Fsp3) is 0.368. The lowest BCUT2D eigenvalue weighted by molar-refractivity contribution is 0.683.